The van der Waals surface area contributed by atoms with E-state index in [4.69, 9.17) is 14.0 Å². The Bertz CT molecular complexity index is 1120. The van der Waals surface area contributed by atoms with Gasteiger partial charge in [-0.15, -0.1) is 0 Å². The molecule has 12 heteroatoms. The van der Waals surface area contributed by atoms with Crippen LogP contribution in [0, 0.1) is 13.8 Å². The maximum Gasteiger partial charge on any atom is 0.267 e. The molecule has 3 heterocycles. The van der Waals surface area contributed by atoms with Crippen LogP contribution >= 0.6 is 0 Å². The summed E-state index contributed by atoms with van der Waals surface area (Å²) in [5.74, 6) is 0.985. The average molecular weight is 479 g/mol. The highest BCUT2D eigenvalue weighted by Gasteiger charge is 2.33. The number of hydrogen-bond donors (Lipinski definition) is 1. The summed E-state index contributed by atoms with van der Waals surface area (Å²) in [4.78, 5) is 28.6. The van der Waals surface area contributed by atoms with Gasteiger partial charge in [-0.05, 0) is 26.0 Å². The zero-order valence-electron chi connectivity index (χ0n) is 18.4. The molecule has 2 amide bonds. The number of piperazine rings is 1. The molecule has 0 bridgehead atoms. The molecule has 0 spiro atoms. The maximum atomic E-state index is 12.8. The van der Waals surface area contributed by atoms with E-state index >= 15 is 0 Å². The van der Waals surface area contributed by atoms with E-state index in [9.17, 15) is 18.0 Å². The largest absolute Gasteiger partial charge is 0.485 e. The van der Waals surface area contributed by atoms with Crippen LogP contribution in [0.3, 0.4) is 0 Å². The number of para-hydroxylation sites is 2. The van der Waals surface area contributed by atoms with E-state index in [0.717, 1.165) is 0 Å². The Morgan fingerprint density at radius 3 is 2.42 bits per heavy atom. The summed E-state index contributed by atoms with van der Waals surface area (Å²) >= 11 is 0. The molecule has 1 aromatic heterocycles. The molecule has 1 N–H and O–H groups in total. The molecule has 0 saturated carbocycles. The van der Waals surface area contributed by atoms with Crippen LogP contribution in [-0.4, -0.2) is 80.6 Å². The van der Waals surface area contributed by atoms with Gasteiger partial charge in [-0.25, -0.2) is 13.1 Å². The van der Waals surface area contributed by atoms with E-state index in [-0.39, 0.29) is 47.7 Å². The van der Waals surface area contributed by atoms with Crippen LogP contribution in [0.5, 0.6) is 11.5 Å². The minimum Gasteiger partial charge on any atom is -0.485 e. The first kappa shape index (κ1) is 23.1. The average Bonchev–Trinajstić information content (AvgIpc) is 3.16. The molecule has 0 unspecified atom stereocenters. The summed E-state index contributed by atoms with van der Waals surface area (Å²) in [6.07, 6.45) is -0.715. The van der Waals surface area contributed by atoms with E-state index in [1.807, 2.05) is 12.1 Å². The van der Waals surface area contributed by atoms with Crippen molar-refractivity contribution in [2.75, 3.05) is 39.3 Å². The summed E-state index contributed by atoms with van der Waals surface area (Å²) in [5, 5.41) is 3.65. The number of amides is 2. The van der Waals surface area contributed by atoms with Gasteiger partial charge in [-0.1, -0.05) is 17.3 Å². The lowest BCUT2D eigenvalue weighted by molar-refractivity contribution is -0.146. The second kappa shape index (κ2) is 9.40. The van der Waals surface area contributed by atoms with E-state index in [2.05, 4.69) is 9.88 Å². The SMILES string of the molecule is Cc1noc(C)c1S(=O)(=O)NCCC(=O)N1CCN(C(=O)[C@H]2COc3ccccc3O2)CC1. The van der Waals surface area contributed by atoms with Crippen LogP contribution in [0.1, 0.15) is 17.9 Å². The summed E-state index contributed by atoms with van der Waals surface area (Å²) in [5.41, 5.74) is 0.267. The molecule has 11 nitrogen and oxygen atoms in total. The van der Waals surface area contributed by atoms with Crippen molar-refractivity contribution >= 4 is 21.8 Å². The number of carbonyl (C=O) groups excluding carboxylic acids is 2. The number of nitrogens with one attached hydrogen (secondary N) is 1. The fraction of sp³-hybridized carbons (Fsp3) is 0.476. The van der Waals surface area contributed by atoms with E-state index in [0.29, 0.717) is 37.7 Å². The van der Waals surface area contributed by atoms with Crippen molar-refractivity contribution in [2.45, 2.75) is 31.3 Å². The number of hydrogen-bond acceptors (Lipinski definition) is 8. The molecule has 1 aromatic carbocycles. The number of aromatic nitrogens is 1. The first-order valence-corrected chi connectivity index (χ1v) is 12.1. The number of aryl methyl sites for hydroxylation is 2. The van der Waals surface area contributed by atoms with Gasteiger partial charge in [0.1, 0.15) is 17.2 Å². The molecular weight excluding hydrogens is 452 g/mol. The highest BCUT2D eigenvalue weighted by atomic mass is 32.2. The quantitative estimate of drug-likeness (QED) is 0.634. The Labute approximate surface area is 191 Å². The topological polar surface area (TPSA) is 131 Å². The second-order valence-electron chi connectivity index (χ2n) is 7.87. The highest BCUT2D eigenvalue weighted by Crippen LogP contribution is 2.31. The van der Waals surface area contributed by atoms with Gasteiger partial charge < -0.3 is 23.8 Å². The number of carbonyl (C=O) groups is 2. The molecule has 1 saturated heterocycles. The monoisotopic (exact) mass is 478 g/mol. The Morgan fingerprint density at radius 2 is 1.76 bits per heavy atom. The van der Waals surface area contributed by atoms with Gasteiger partial charge in [0, 0.05) is 39.1 Å². The number of sulfonamides is 1. The Morgan fingerprint density at radius 1 is 1.09 bits per heavy atom. The van der Waals surface area contributed by atoms with Gasteiger partial charge in [0.25, 0.3) is 5.91 Å². The lowest BCUT2D eigenvalue weighted by atomic mass is 10.2. The molecule has 0 radical (unpaired) electrons. The lowest BCUT2D eigenvalue weighted by Crippen LogP contribution is -2.55. The van der Waals surface area contributed by atoms with Crippen molar-refractivity contribution in [2.24, 2.45) is 0 Å². The smallest absolute Gasteiger partial charge is 0.267 e. The van der Waals surface area contributed by atoms with E-state index in [1.54, 1.807) is 28.9 Å². The van der Waals surface area contributed by atoms with Gasteiger partial charge in [0.2, 0.25) is 22.0 Å². The summed E-state index contributed by atoms with van der Waals surface area (Å²) < 4.78 is 43.6. The van der Waals surface area contributed by atoms with Gasteiger partial charge in [0.15, 0.2) is 17.3 Å². The van der Waals surface area contributed by atoms with Crippen LogP contribution in [0.2, 0.25) is 0 Å². The normalized spacial score (nSPS) is 18.3. The lowest BCUT2D eigenvalue weighted by Gasteiger charge is -2.37. The molecule has 178 valence electrons. The number of rotatable bonds is 6. The Hall–Kier alpha value is -3.12. The third-order valence-corrected chi connectivity index (χ3v) is 7.30. The van der Waals surface area contributed by atoms with Gasteiger partial charge >= 0.3 is 0 Å². The van der Waals surface area contributed by atoms with Crippen molar-refractivity contribution in [1.82, 2.24) is 19.7 Å². The predicted octanol–water partition coefficient (Wildman–Crippen LogP) is 0.471. The van der Waals surface area contributed by atoms with Crippen molar-refractivity contribution in [3.8, 4) is 11.5 Å². The van der Waals surface area contributed by atoms with Crippen molar-refractivity contribution in [1.29, 1.82) is 0 Å². The fourth-order valence-electron chi connectivity index (χ4n) is 3.90. The first-order chi connectivity index (χ1) is 15.8. The minimum absolute atomic E-state index is 0.00129. The summed E-state index contributed by atoms with van der Waals surface area (Å²) in [7, 11) is -3.81. The molecule has 2 aromatic rings. The van der Waals surface area contributed by atoms with E-state index < -0.39 is 16.1 Å². The second-order valence-corrected chi connectivity index (χ2v) is 9.58. The van der Waals surface area contributed by atoms with Crippen LogP contribution in [0.25, 0.3) is 0 Å². The Kier molecular flexibility index (Phi) is 6.56. The zero-order valence-corrected chi connectivity index (χ0v) is 19.3. The standard InChI is InChI=1S/C21H26N4O7S/c1-14-20(15(2)32-23-14)33(28,29)22-8-7-19(26)24-9-11-25(12-10-24)21(27)18-13-30-16-5-3-4-6-17(16)31-18/h3-6,18,22H,7-13H2,1-2H3/t18-/m1/s1. The van der Waals surface area contributed by atoms with Crippen molar-refractivity contribution in [3.05, 3.63) is 35.7 Å². The molecule has 2 aliphatic heterocycles. The molecule has 4 rings (SSSR count). The zero-order chi connectivity index (χ0) is 23.6. The van der Waals surface area contributed by atoms with Crippen LogP contribution in [-0.2, 0) is 19.6 Å². The molecule has 33 heavy (non-hydrogen) atoms. The number of benzene rings is 1. The predicted molar refractivity (Wildman–Crippen MR) is 115 cm³/mol. The summed E-state index contributed by atoms with van der Waals surface area (Å²) in [6, 6.07) is 7.19. The molecule has 1 fully saturated rings. The number of nitrogens with zero attached hydrogens (tertiary/aromatic N) is 3. The third-order valence-electron chi connectivity index (χ3n) is 5.60. The Balaban J connectivity index is 1.23. The first-order valence-electron chi connectivity index (χ1n) is 10.6. The van der Waals surface area contributed by atoms with Crippen molar-refractivity contribution in [3.63, 3.8) is 0 Å². The molecule has 1 atom stereocenters. The molecular formula is C21H26N4O7S. The van der Waals surface area contributed by atoms with Crippen LogP contribution in [0.15, 0.2) is 33.7 Å². The maximum absolute atomic E-state index is 12.8. The minimum atomic E-state index is -3.81. The highest BCUT2D eigenvalue weighted by molar-refractivity contribution is 7.89. The van der Waals surface area contributed by atoms with Gasteiger partial charge in [-0.3, -0.25) is 9.59 Å². The summed E-state index contributed by atoms with van der Waals surface area (Å²) in [6.45, 7) is 4.63. The number of fused-ring (bicyclic) bond motifs is 1. The van der Waals surface area contributed by atoms with Gasteiger partial charge in [0.05, 0.1) is 0 Å². The third kappa shape index (κ3) is 4.96. The molecule has 2 aliphatic rings. The molecule has 0 aliphatic carbocycles. The van der Waals surface area contributed by atoms with Gasteiger partial charge in [-0.2, -0.15) is 0 Å². The van der Waals surface area contributed by atoms with Crippen LogP contribution < -0.4 is 14.2 Å². The van der Waals surface area contributed by atoms with Crippen LogP contribution in [0.4, 0.5) is 0 Å². The van der Waals surface area contributed by atoms with Crippen molar-refractivity contribution < 1.29 is 32.0 Å². The number of ether oxygens (including phenoxy) is 2. The fourth-order valence-corrected chi connectivity index (χ4v) is 5.26. The van der Waals surface area contributed by atoms with E-state index in [1.165, 1.54) is 6.92 Å².